The van der Waals surface area contributed by atoms with E-state index in [0.29, 0.717) is 12.3 Å². The smallest absolute Gasteiger partial charge is 0.224 e. The average molecular weight is 261 g/mol. The van der Waals surface area contributed by atoms with Gasteiger partial charge in [0.2, 0.25) is 5.91 Å². The Bertz CT molecular complexity index is 560. The molecule has 1 fully saturated rings. The van der Waals surface area contributed by atoms with Crippen molar-refractivity contribution in [3.8, 4) is 0 Å². The molecule has 3 rings (SSSR count). The first-order valence-electron chi connectivity index (χ1n) is 6.15. The van der Waals surface area contributed by atoms with Crippen molar-refractivity contribution in [2.24, 2.45) is 5.92 Å². The average Bonchev–Trinajstić information content (AvgIpc) is 2.98. The highest BCUT2D eigenvalue weighted by Gasteiger charge is 2.18. The Morgan fingerprint density at radius 2 is 2.50 bits per heavy atom. The van der Waals surface area contributed by atoms with Gasteiger partial charge in [-0.3, -0.25) is 4.79 Å². The molecule has 18 heavy (non-hydrogen) atoms. The van der Waals surface area contributed by atoms with Crippen molar-refractivity contribution < 1.29 is 4.79 Å². The summed E-state index contributed by atoms with van der Waals surface area (Å²) in [5.74, 6) is 0.588. The first-order chi connectivity index (χ1) is 8.81. The van der Waals surface area contributed by atoms with Crippen LogP contribution < -0.4 is 10.6 Å². The van der Waals surface area contributed by atoms with Gasteiger partial charge in [0, 0.05) is 12.1 Å². The van der Waals surface area contributed by atoms with E-state index in [0.717, 1.165) is 35.4 Å². The number of benzene rings is 1. The van der Waals surface area contributed by atoms with Gasteiger partial charge in [-0.1, -0.05) is 0 Å². The molecular formula is C13H15N3OS. The summed E-state index contributed by atoms with van der Waals surface area (Å²) in [5.41, 5.74) is 3.67. The van der Waals surface area contributed by atoms with Crippen LogP contribution in [0.25, 0.3) is 10.2 Å². The van der Waals surface area contributed by atoms with Gasteiger partial charge in [0.25, 0.3) is 0 Å². The Balaban J connectivity index is 1.65. The molecule has 0 radical (unpaired) electrons. The number of nitrogens with zero attached hydrogens (tertiary/aromatic N) is 1. The number of thiazole rings is 1. The zero-order valence-corrected chi connectivity index (χ0v) is 10.8. The third kappa shape index (κ3) is 2.52. The zero-order valence-electron chi connectivity index (χ0n) is 9.98. The Kier molecular flexibility index (Phi) is 3.25. The minimum Gasteiger partial charge on any atom is -0.326 e. The number of rotatable bonds is 3. The van der Waals surface area contributed by atoms with E-state index in [2.05, 4.69) is 15.6 Å². The minimum atomic E-state index is 0.104. The number of hydrogen-bond donors (Lipinski definition) is 2. The molecule has 4 nitrogen and oxygen atoms in total. The van der Waals surface area contributed by atoms with E-state index in [1.165, 1.54) is 0 Å². The van der Waals surface area contributed by atoms with Gasteiger partial charge >= 0.3 is 0 Å². The zero-order chi connectivity index (χ0) is 12.4. The number of amides is 1. The lowest BCUT2D eigenvalue weighted by molar-refractivity contribution is -0.116. The maximum Gasteiger partial charge on any atom is 0.224 e. The molecule has 1 aromatic carbocycles. The molecular weight excluding hydrogens is 246 g/mol. The number of carbonyl (C=O) groups is 1. The number of hydrogen-bond acceptors (Lipinski definition) is 4. The highest BCUT2D eigenvalue weighted by Crippen LogP contribution is 2.22. The third-order valence-electron chi connectivity index (χ3n) is 3.25. The third-order valence-corrected chi connectivity index (χ3v) is 4.04. The minimum absolute atomic E-state index is 0.104. The van der Waals surface area contributed by atoms with Gasteiger partial charge in [0.1, 0.15) is 0 Å². The van der Waals surface area contributed by atoms with Crippen LogP contribution >= 0.6 is 11.3 Å². The molecule has 1 unspecified atom stereocenters. The SMILES string of the molecule is O=C(CC1CCNC1)Nc1ccc2ncsc2c1. The second-order valence-corrected chi connectivity index (χ2v) is 5.53. The lowest BCUT2D eigenvalue weighted by atomic mass is 10.0. The number of aromatic nitrogens is 1. The van der Waals surface area contributed by atoms with Crippen molar-refractivity contribution in [1.29, 1.82) is 0 Å². The van der Waals surface area contributed by atoms with Crippen LogP contribution in [-0.4, -0.2) is 24.0 Å². The summed E-state index contributed by atoms with van der Waals surface area (Å²) in [7, 11) is 0. The molecule has 0 aliphatic carbocycles. The van der Waals surface area contributed by atoms with Crippen LogP contribution in [0.4, 0.5) is 5.69 Å². The van der Waals surface area contributed by atoms with Crippen LogP contribution in [-0.2, 0) is 4.79 Å². The first kappa shape index (κ1) is 11.6. The molecule has 0 spiro atoms. The van der Waals surface area contributed by atoms with Crippen molar-refractivity contribution in [2.45, 2.75) is 12.8 Å². The Hall–Kier alpha value is -1.46. The lowest BCUT2D eigenvalue weighted by Crippen LogP contribution is -2.18. The number of nitrogens with one attached hydrogen (secondary N) is 2. The topological polar surface area (TPSA) is 54.0 Å². The van der Waals surface area contributed by atoms with Crippen LogP contribution in [0, 0.1) is 5.92 Å². The molecule has 1 amide bonds. The lowest BCUT2D eigenvalue weighted by Gasteiger charge is -2.09. The van der Waals surface area contributed by atoms with E-state index >= 15 is 0 Å². The second kappa shape index (κ2) is 5.04. The maximum absolute atomic E-state index is 11.9. The summed E-state index contributed by atoms with van der Waals surface area (Å²) in [6.07, 6.45) is 1.70. The highest BCUT2D eigenvalue weighted by molar-refractivity contribution is 7.16. The van der Waals surface area contributed by atoms with Gasteiger partial charge in [-0.25, -0.2) is 4.98 Å². The highest BCUT2D eigenvalue weighted by atomic mass is 32.1. The van der Waals surface area contributed by atoms with Gasteiger partial charge in [0.15, 0.2) is 0 Å². The molecule has 2 heterocycles. The van der Waals surface area contributed by atoms with E-state index in [4.69, 9.17) is 0 Å². The number of carbonyl (C=O) groups excluding carboxylic acids is 1. The largest absolute Gasteiger partial charge is 0.326 e. The molecule has 0 saturated carbocycles. The van der Waals surface area contributed by atoms with Crippen LogP contribution in [0.2, 0.25) is 0 Å². The molecule has 2 N–H and O–H groups in total. The van der Waals surface area contributed by atoms with Crippen LogP contribution in [0.1, 0.15) is 12.8 Å². The predicted molar refractivity (Wildman–Crippen MR) is 73.8 cm³/mol. The van der Waals surface area contributed by atoms with Crippen molar-refractivity contribution in [3.63, 3.8) is 0 Å². The maximum atomic E-state index is 11.9. The van der Waals surface area contributed by atoms with E-state index in [1.54, 1.807) is 11.3 Å². The molecule has 94 valence electrons. The quantitative estimate of drug-likeness (QED) is 0.891. The van der Waals surface area contributed by atoms with Crippen molar-refractivity contribution in [2.75, 3.05) is 18.4 Å². The summed E-state index contributed by atoms with van der Waals surface area (Å²) in [6.45, 7) is 1.99. The molecule has 1 saturated heterocycles. The molecule has 1 aliphatic rings. The fourth-order valence-electron chi connectivity index (χ4n) is 2.30. The van der Waals surface area contributed by atoms with Gasteiger partial charge < -0.3 is 10.6 Å². The van der Waals surface area contributed by atoms with Gasteiger partial charge in [-0.05, 0) is 43.6 Å². The van der Waals surface area contributed by atoms with Crippen molar-refractivity contribution >= 4 is 33.1 Å². The Labute approximate surface area is 109 Å². The van der Waals surface area contributed by atoms with E-state index < -0.39 is 0 Å². The van der Waals surface area contributed by atoms with Crippen molar-refractivity contribution in [3.05, 3.63) is 23.7 Å². The summed E-state index contributed by atoms with van der Waals surface area (Å²) >= 11 is 1.59. The first-order valence-corrected chi connectivity index (χ1v) is 7.03. The fraction of sp³-hybridized carbons (Fsp3) is 0.385. The van der Waals surface area contributed by atoms with E-state index in [-0.39, 0.29) is 5.91 Å². The molecule has 2 aromatic rings. The summed E-state index contributed by atoms with van der Waals surface area (Å²) in [6, 6.07) is 5.84. The Morgan fingerprint density at radius 3 is 3.33 bits per heavy atom. The van der Waals surface area contributed by atoms with Gasteiger partial charge in [0.05, 0.1) is 15.7 Å². The van der Waals surface area contributed by atoms with Crippen LogP contribution in [0.5, 0.6) is 0 Å². The predicted octanol–water partition coefficient (Wildman–Crippen LogP) is 2.23. The number of anilines is 1. The Morgan fingerprint density at radius 1 is 1.56 bits per heavy atom. The number of fused-ring (bicyclic) bond motifs is 1. The molecule has 0 bridgehead atoms. The van der Waals surface area contributed by atoms with Crippen LogP contribution in [0.15, 0.2) is 23.7 Å². The van der Waals surface area contributed by atoms with Crippen molar-refractivity contribution in [1.82, 2.24) is 10.3 Å². The van der Waals surface area contributed by atoms with E-state index in [9.17, 15) is 4.79 Å². The normalized spacial score (nSPS) is 19.2. The standard InChI is InChI=1S/C13H15N3OS/c17-13(5-9-3-4-14-7-9)16-10-1-2-11-12(6-10)18-8-15-11/h1-2,6,8-9,14H,3-5,7H2,(H,16,17). The molecule has 1 aromatic heterocycles. The second-order valence-electron chi connectivity index (χ2n) is 4.65. The monoisotopic (exact) mass is 261 g/mol. The molecule has 1 atom stereocenters. The van der Waals surface area contributed by atoms with Crippen LogP contribution in [0.3, 0.4) is 0 Å². The summed E-state index contributed by atoms with van der Waals surface area (Å²) in [5, 5.41) is 6.24. The molecule has 1 aliphatic heterocycles. The van der Waals surface area contributed by atoms with E-state index in [1.807, 2.05) is 23.7 Å². The van der Waals surface area contributed by atoms with Gasteiger partial charge in [-0.15, -0.1) is 11.3 Å². The van der Waals surface area contributed by atoms with Gasteiger partial charge in [-0.2, -0.15) is 0 Å². The fourth-order valence-corrected chi connectivity index (χ4v) is 3.01. The summed E-state index contributed by atoms with van der Waals surface area (Å²) in [4.78, 5) is 16.1. The molecule has 5 heteroatoms. The summed E-state index contributed by atoms with van der Waals surface area (Å²) < 4.78 is 1.11.